The summed E-state index contributed by atoms with van der Waals surface area (Å²) >= 11 is 0. The zero-order valence-corrected chi connectivity index (χ0v) is 27.5. The van der Waals surface area contributed by atoms with Crippen LogP contribution in [0.3, 0.4) is 0 Å². The van der Waals surface area contributed by atoms with E-state index in [2.05, 4.69) is 30.4 Å². The van der Waals surface area contributed by atoms with Gasteiger partial charge >= 0.3 is 0 Å². The van der Waals surface area contributed by atoms with Gasteiger partial charge in [-0.15, -0.1) is 0 Å². The van der Waals surface area contributed by atoms with Gasteiger partial charge in [0.25, 0.3) is 17.7 Å². The zero-order valence-electron chi connectivity index (χ0n) is 27.5. The molecule has 0 saturated carbocycles. The summed E-state index contributed by atoms with van der Waals surface area (Å²) in [6.07, 6.45) is -23.5. The lowest BCUT2D eigenvalue weighted by Gasteiger charge is -2.38. The summed E-state index contributed by atoms with van der Waals surface area (Å²) in [5, 5.41) is 133. The van der Waals surface area contributed by atoms with Crippen LogP contribution in [-0.4, -0.2) is 185 Å². The summed E-state index contributed by atoms with van der Waals surface area (Å²) in [5.74, 6) is -1.52. The molecule has 0 unspecified atom stereocenters. The number of hydrogen-bond donors (Lipinski definition) is 12. The van der Waals surface area contributed by atoms with Crippen molar-refractivity contribution in [1.29, 1.82) is 0 Å². The third-order valence-corrected chi connectivity index (χ3v) is 9.44. The monoisotopic (exact) mass is 768 g/mol. The lowest BCUT2D eigenvalue weighted by Crippen LogP contribution is -2.55. The second-order valence-corrected chi connectivity index (χ2v) is 12.9. The summed E-state index contributed by atoms with van der Waals surface area (Å²) in [6.45, 7) is -2.12. The number of aliphatic hydroxyl groups excluding tert-OH is 12. The molecule has 12 N–H and O–H groups in total. The fourth-order valence-electron chi connectivity index (χ4n) is 6.35. The molecule has 0 bridgehead atoms. The molecule has 3 aliphatic heterocycles. The highest BCUT2D eigenvalue weighted by Crippen LogP contribution is 2.38. The first-order valence-corrected chi connectivity index (χ1v) is 16.4. The average molecular weight is 769 g/mol. The SMILES string of the molecule is OC[C@H]1O[C@@H](c2noc(-c3cc(-c4nc([C@@H]5O[C@H](CO)[C@@H](O)[C@H](O)[C@H]5O)no4)cc(-c4nc([C@@H]5O[C@H](CO)[C@@H](O)[C@H](O)[C@H]5O)no4)c3)n2)[C@H](O)[C@@H](O)[C@@H]1O. The van der Waals surface area contributed by atoms with E-state index in [1.165, 1.54) is 18.2 Å². The van der Waals surface area contributed by atoms with Gasteiger partial charge in [-0.3, -0.25) is 0 Å². The second kappa shape index (κ2) is 15.3. The van der Waals surface area contributed by atoms with Gasteiger partial charge in [0.15, 0.2) is 0 Å². The maximum absolute atomic E-state index is 10.6. The number of rotatable bonds is 9. The van der Waals surface area contributed by atoms with Crippen LogP contribution in [0, 0.1) is 0 Å². The molecule has 24 nitrogen and oxygen atoms in total. The van der Waals surface area contributed by atoms with Gasteiger partial charge in [0, 0.05) is 16.7 Å². The second-order valence-electron chi connectivity index (χ2n) is 12.9. The number of benzene rings is 1. The highest BCUT2D eigenvalue weighted by Gasteiger charge is 2.48. The third-order valence-electron chi connectivity index (χ3n) is 9.44. The standard InChI is InChI=1S/C30H36N6O18/c37-4-10-13(40)16(43)19(46)22(49-10)25-31-28(52-34-25)7-1-8(29-32-26(35-53-29)23-20(47)17(44)14(41)11(5-38)50-23)3-9(2-7)30-33-27(36-54-30)24-21(48)18(45)15(42)12(6-39)51-24/h1-3,10-24,37-48H,4-6H2/t10-,11-,12-,13-,14-,15-,16+,17+,18+,19-,20-,21-,22-,23-,24-/m1/s1. The smallest absolute Gasteiger partial charge is 0.258 e. The molecule has 15 atom stereocenters. The van der Waals surface area contributed by atoms with Crippen molar-refractivity contribution in [1.82, 2.24) is 30.4 Å². The van der Waals surface area contributed by atoms with Gasteiger partial charge in [-0.05, 0) is 18.2 Å². The van der Waals surface area contributed by atoms with Crippen molar-refractivity contribution in [2.45, 2.75) is 91.6 Å². The fraction of sp³-hybridized carbons (Fsp3) is 0.600. The van der Waals surface area contributed by atoms with E-state index in [4.69, 9.17) is 27.8 Å². The van der Waals surface area contributed by atoms with E-state index in [1.807, 2.05) is 0 Å². The first kappa shape index (κ1) is 38.3. The number of ether oxygens (including phenoxy) is 3. The molecule has 7 rings (SSSR count). The van der Waals surface area contributed by atoms with Gasteiger partial charge in [0.1, 0.15) is 91.6 Å². The molecule has 0 aliphatic carbocycles. The Morgan fingerprint density at radius 2 is 0.648 bits per heavy atom. The Labute approximate surface area is 301 Å². The highest BCUT2D eigenvalue weighted by atomic mass is 16.6. The molecule has 0 radical (unpaired) electrons. The first-order valence-electron chi connectivity index (χ1n) is 16.4. The third kappa shape index (κ3) is 6.80. The van der Waals surface area contributed by atoms with E-state index in [1.54, 1.807) is 0 Å². The zero-order chi connectivity index (χ0) is 38.6. The number of aliphatic hydroxyl groups is 12. The maximum Gasteiger partial charge on any atom is 0.258 e. The minimum absolute atomic E-state index is 0.103. The lowest BCUT2D eigenvalue weighted by atomic mass is 9.95. The molecular weight excluding hydrogens is 732 g/mol. The molecule has 3 aliphatic rings. The summed E-state index contributed by atoms with van der Waals surface area (Å²) in [4.78, 5) is 12.8. The molecule has 3 fully saturated rings. The molecule has 6 heterocycles. The van der Waals surface area contributed by atoms with Crippen LogP contribution in [0.1, 0.15) is 35.8 Å². The summed E-state index contributed by atoms with van der Waals surface area (Å²) < 4.78 is 32.9. The highest BCUT2D eigenvalue weighted by molar-refractivity contribution is 5.73. The van der Waals surface area contributed by atoms with Crippen LogP contribution < -0.4 is 0 Å². The average Bonchev–Trinajstić information content (AvgIpc) is 3.98. The minimum atomic E-state index is -1.73. The van der Waals surface area contributed by atoms with Crippen LogP contribution in [0.15, 0.2) is 31.8 Å². The van der Waals surface area contributed by atoms with Crippen LogP contribution in [0.2, 0.25) is 0 Å². The Morgan fingerprint density at radius 1 is 0.389 bits per heavy atom. The molecule has 294 valence electrons. The largest absolute Gasteiger partial charge is 0.394 e. The molecule has 24 heteroatoms. The van der Waals surface area contributed by atoms with Crippen molar-refractivity contribution < 1.29 is 89.1 Å². The van der Waals surface area contributed by atoms with E-state index in [-0.39, 0.29) is 51.8 Å². The lowest BCUT2D eigenvalue weighted by molar-refractivity contribution is -0.233. The van der Waals surface area contributed by atoms with Crippen molar-refractivity contribution in [3.63, 3.8) is 0 Å². The van der Waals surface area contributed by atoms with Crippen molar-refractivity contribution in [2.75, 3.05) is 19.8 Å². The van der Waals surface area contributed by atoms with Gasteiger partial charge in [-0.1, -0.05) is 15.5 Å². The van der Waals surface area contributed by atoms with Crippen LogP contribution in [0.4, 0.5) is 0 Å². The number of nitrogens with zero attached hydrogens (tertiary/aromatic N) is 6. The van der Waals surface area contributed by atoms with Crippen molar-refractivity contribution in [3.8, 4) is 34.4 Å². The van der Waals surface area contributed by atoms with Crippen LogP contribution in [0.5, 0.6) is 0 Å². The van der Waals surface area contributed by atoms with Crippen molar-refractivity contribution in [3.05, 3.63) is 35.7 Å². The van der Waals surface area contributed by atoms with E-state index < -0.39 is 111 Å². The molecule has 1 aromatic carbocycles. The predicted molar refractivity (Wildman–Crippen MR) is 164 cm³/mol. The van der Waals surface area contributed by atoms with Crippen LogP contribution >= 0.6 is 0 Å². The molecule has 0 spiro atoms. The molecule has 4 aromatic rings. The molecule has 0 amide bonds. The Kier molecular flexibility index (Phi) is 10.8. The normalized spacial score (nSPS) is 37.4. The maximum atomic E-state index is 10.6. The van der Waals surface area contributed by atoms with Gasteiger partial charge in [-0.25, -0.2) is 0 Å². The minimum Gasteiger partial charge on any atom is -0.394 e. The van der Waals surface area contributed by atoms with Crippen LogP contribution in [-0.2, 0) is 14.2 Å². The predicted octanol–water partition coefficient (Wildman–Crippen LogP) is -5.62. The van der Waals surface area contributed by atoms with Crippen LogP contribution in [0.25, 0.3) is 34.4 Å². The quantitative estimate of drug-likeness (QED) is 0.0755. The molecule has 54 heavy (non-hydrogen) atoms. The summed E-state index contributed by atoms with van der Waals surface area (Å²) in [7, 11) is 0. The Bertz CT molecular complexity index is 1660. The van der Waals surface area contributed by atoms with E-state index in [0.717, 1.165) is 0 Å². The Morgan fingerprint density at radius 3 is 0.889 bits per heavy atom. The van der Waals surface area contributed by atoms with Crippen molar-refractivity contribution >= 4 is 0 Å². The van der Waals surface area contributed by atoms with Gasteiger partial charge in [0.2, 0.25) is 17.5 Å². The van der Waals surface area contributed by atoms with Gasteiger partial charge in [0.05, 0.1) is 19.8 Å². The van der Waals surface area contributed by atoms with E-state index in [9.17, 15) is 61.3 Å². The first-order chi connectivity index (χ1) is 25.8. The van der Waals surface area contributed by atoms with Crippen molar-refractivity contribution in [2.24, 2.45) is 0 Å². The van der Waals surface area contributed by atoms with Gasteiger partial charge < -0.3 is 89.1 Å². The van der Waals surface area contributed by atoms with E-state index >= 15 is 0 Å². The topological polar surface area (TPSA) is 387 Å². The summed E-state index contributed by atoms with van der Waals surface area (Å²) in [6, 6.07) is 4.23. The molecule has 3 aromatic heterocycles. The molecular formula is C30H36N6O18. The number of aromatic nitrogens is 6. The van der Waals surface area contributed by atoms with E-state index in [0.29, 0.717) is 0 Å². The Hall–Kier alpha value is -3.96. The summed E-state index contributed by atoms with van der Waals surface area (Å²) in [5.41, 5.74) is 0.308. The van der Waals surface area contributed by atoms with Gasteiger partial charge in [-0.2, -0.15) is 15.0 Å². The number of hydrogen-bond acceptors (Lipinski definition) is 24. The molecule has 3 saturated heterocycles. The fourth-order valence-corrected chi connectivity index (χ4v) is 6.35. The Balaban J connectivity index is 1.26.